The van der Waals surface area contributed by atoms with Crippen LogP contribution in [0.2, 0.25) is 5.02 Å². The smallest absolute Gasteiger partial charge is 0.252 e. The monoisotopic (exact) mass is 421 g/mol. The highest BCUT2D eigenvalue weighted by Crippen LogP contribution is 2.15. The summed E-state index contributed by atoms with van der Waals surface area (Å²) in [6.45, 7) is 3.20. The lowest BCUT2D eigenvalue weighted by atomic mass is 10.2. The van der Waals surface area contributed by atoms with Gasteiger partial charge in [0.15, 0.2) is 0 Å². The highest BCUT2D eigenvalue weighted by Gasteiger charge is 2.26. The van der Waals surface area contributed by atoms with Crippen LogP contribution in [-0.4, -0.2) is 62.0 Å². The summed E-state index contributed by atoms with van der Waals surface area (Å²) in [5, 5.41) is 2.98. The van der Waals surface area contributed by atoms with E-state index in [0.717, 1.165) is 6.54 Å². The number of benzene rings is 2. The van der Waals surface area contributed by atoms with Crippen molar-refractivity contribution in [2.75, 3.05) is 38.5 Å². The molecule has 1 saturated heterocycles. The molecule has 3 rings (SSSR count). The van der Waals surface area contributed by atoms with E-state index < -0.39 is 10.0 Å². The van der Waals surface area contributed by atoms with Crippen molar-refractivity contribution in [1.82, 2.24) is 14.5 Å². The fourth-order valence-electron chi connectivity index (χ4n) is 3.17. The van der Waals surface area contributed by atoms with Crippen molar-refractivity contribution >= 4 is 27.5 Å². The van der Waals surface area contributed by atoms with Crippen LogP contribution in [0, 0.1) is 0 Å². The van der Waals surface area contributed by atoms with Crippen molar-refractivity contribution in [2.45, 2.75) is 6.54 Å². The molecule has 6 nitrogen and oxygen atoms in total. The van der Waals surface area contributed by atoms with Crippen molar-refractivity contribution in [2.24, 2.45) is 0 Å². The maximum Gasteiger partial charge on any atom is 0.252 e. The lowest BCUT2D eigenvalue weighted by Gasteiger charge is -2.34. The van der Waals surface area contributed by atoms with Gasteiger partial charge in [-0.3, -0.25) is 9.69 Å². The van der Waals surface area contributed by atoms with Crippen LogP contribution < -0.4 is 5.32 Å². The fourth-order valence-corrected chi connectivity index (χ4v) is 4.73. The molecular formula is C20H24ClN3O3S. The molecule has 0 spiro atoms. The second-order valence-corrected chi connectivity index (χ2v) is 9.21. The molecule has 0 unspecified atom stereocenters. The Bertz CT molecular complexity index is 898. The van der Waals surface area contributed by atoms with E-state index in [1.807, 2.05) is 18.2 Å². The number of piperazine rings is 1. The van der Waals surface area contributed by atoms with Gasteiger partial charge in [-0.2, -0.15) is 4.31 Å². The van der Waals surface area contributed by atoms with Crippen molar-refractivity contribution in [1.29, 1.82) is 0 Å². The number of carbonyl (C=O) groups is 1. The van der Waals surface area contributed by atoms with E-state index in [9.17, 15) is 13.2 Å². The number of nitrogens with zero attached hydrogens (tertiary/aromatic N) is 2. The summed E-state index contributed by atoms with van der Waals surface area (Å²) in [5.74, 6) is -0.490. The normalized spacial score (nSPS) is 16.0. The molecule has 1 amide bonds. The van der Waals surface area contributed by atoms with Crippen LogP contribution in [0.5, 0.6) is 0 Å². The van der Waals surface area contributed by atoms with Gasteiger partial charge in [0.1, 0.15) is 0 Å². The van der Waals surface area contributed by atoms with E-state index in [-0.39, 0.29) is 18.2 Å². The molecule has 0 radical (unpaired) electrons. The van der Waals surface area contributed by atoms with Gasteiger partial charge in [0.25, 0.3) is 5.91 Å². The van der Waals surface area contributed by atoms with Crippen LogP contribution in [0.3, 0.4) is 0 Å². The Morgan fingerprint density at radius 1 is 0.964 bits per heavy atom. The van der Waals surface area contributed by atoms with Gasteiger partial charge in [0.2, 0.25) is 10.0 Å². The average molecular weight is 422 g/mol. The zero-order chi connectivity index (χ0) is 20.0. The van der Waals surface area contributed by atoms with E-state index >= 15 is 0 Å². The molecular weight excluding hydrogens is 398 g/mol. The van der Waals surface area contributed by atoms with Gasteiger partial charge in [0, 0.05) is 39.3 Å². The summed E-state index contributed by atoms with van der Waals surface area (Å²) in [6, 6.07) is 16.8. The number of hydrogen-bond donors (Lipinski definition) is 1. The number of amides is 1. The Balaban J connectivity index is 1.45. The molecule has 0 atom stereocenters. The predicted octanol–water partition coefficient (Wildman–Crippen LogP) is 2.22. The van der Waals surface area contributed by atoms with Crippen LogP contribution in [0.15, 0.2) is 54.6 Å². The SMILES string of the molecule is O=C(NCCS(=O)(=O)N1CCN(Cc2ccccc2)CC1)c1ccccc1Cl. The number of rotatable bonds is 7. The maximum absolute atomic E-state index is 12.6. The molecule has 1 aliphatic rings. The molecule has 150 valence electrons. The molecule has 28 heavy (non-hydrogen) atoms. The predicted molar refractivity (Wildman–Crippen MR) is 111 cm³/mol. The van der Waals surface area contributed by atoms with Gasteiger partial charge in [-0.1, -0.05) is 54.1 Å². The quantitative estimate of drug-likeness (QED) is 0.744. The minimum absolute atomic E-state index is 0.0522. The Kier molecular flexibility index (Phi) is 7.07. The third kappa shape index (κ3) is 5.54. The Hall–Kier alpha value is -1.93. The number of nitrogens with one attached hydrogen (secondary N) is 1. The van der Waals surface area contributed by atoms with Crippen LogP contribution in [0.1, 0.15) is 15.9 Å². The average Bonchev–Trinajstić information content (AvgIpc) is 2.69. The first-order valence-corrected chi connectivity index (χ1v) is 11.2. The van der Waals surface area contributed by atoms with Crippen LogP contribution in [-0.2, 0) is 16.6 Å². The van der Waals surface area contributed by atoms with Gasteiger partial charge >= 0.3 is 0 Å². The number of carbonyl (C=O) groups excluding carboxylic acids is 1. The Morgan fingerprint density at radius 3 is 2.29 bits per heavy atom. The van der Waals surface area contributed by atoms with Gasteiger partial charge in [0.05, 0.1) is 16.3 Å². The standard InChI is InChI=1S/C20H24ClN3O3S/c21-19-9-5-4-8-18(19)20(25)22-10-15-28(26,27)24-13-11-23(12-14-24)16-17-6-2-1-3-7-17/h1-9H,10-16H2,(H,22,25). The highest BCUT2D eigenvalue weighted by molar-refractivity contribution is 7.89. The van der Waals surface area contributed by atoms with Gasteiger partial charge < -0.3 is 5.32 Å². The first kappa shape index (κ1) is 20.8. The van der Waals surface area contributed by atoms with Gasteiger partial charge in [-0.05, 0) is 17.7 Å². The molecule has 8 heteroatoms. The van der Waals surface area contributed by atoms with Crippen molar-refractivity contribution in [3.63, 3.8) is 0 Å². The summed E-state index contributed by atoms with van der Waals surface area (Å²) in [6.07, 6.45) is 0. The van der Waals surface area contributed by atoms with E-state index in [0.29, 0.717) is 36.8 Å². The first-order valence-electron chi connectivity index (χ1n) is 9.22. The number of halogens is 1. The lowest BCUT2D eigenvalue weighted by Crippen LogP contribution is -2.49. The largest absolute Gasteiger partial charge is 0.351 e. The zero-order valence-electron chi connectivity index (χ0n) is 15.6. The van der Waals surface area contributed by atoms with Gasteiger partial charge in [-0.25, -0.2) is 8.42 Å². The van der Waals surface area contributed by atoms with Crippen LogP contribution in [0.4, 0.5) is 0 Å². The summed E-state index contributed by atoms with van der Waals surface area (Å²) in [7, 11) is -3.41. The van der Waals surface area contributed by atoms with Gasteiger partial charge in [-0.15, -0.1) is 0 Å². The molecule has 0 saturated carbocycles. The molecule has 1 fully saturated rings. The molecule has 2 aromatic rings. The molecule has 0 aromatic heterocycles. The molecule has 2 aromatic carbocycles. The topological polar surface area (TPSA) is 69.7 Å². The Labute approximate surface area is 171 Å². The molecule has 0 aliphatic carbocycles. The van der Waals surface area contributed by atoms with Crippen LogP contribution in [0.25, 0.3) is 0 Å². The number of sulfonamides is 1. The first-order chi connectivity index (χ1) is 13.5. The fraction of sp³-hybridized carbons (Fsp3) is 0.350. The molecule has 0 bridgehead atoms. The van der Waals surface area contributed by atoms with Crippen molar-refractivity contribution in [3.05, 3.63) is 70.7 Å². The van der Waals surface area contributed by atoms with Crippen molar-refractivity contribution < 1.29 is 13.2 Å². The molecule has 1 N–H and O–H groups in total. The molecule has 1 heterocycles. The van der Waals surface area contributed by atoms with E-state index in [2.05, 4.69) is 22.3 Å². The van der Waals surface area contributed by atoms with E-state index in [1.165, 1.54) is 9.87 Å². The van der Waals surface area contributed by atoms with Crippen LogP contribution >= 0.6 is 11.6 Å². The van der Waals surface area contributed by atoms with Crippen molar-refractivity contribution in [3.8, 4) is 0 Å². The highest BCUT2D eigenvalue weighted by atomic mass is 35.5. The van der Waals surface area contributed by atoms with E-state index in [1.54, 1.807) is 24.3 Å². The summed E-state index contributed by atoms with van der Waals surface area (Å²) < 4.78 is 26.6. The second kappa shape index (κ2) is 9.52. The summed E-state index contributed by atoms with van der Waals surface area (Å²) in [5.41, 5.74) is 1.57. The van der Waals surface area contributed by atoms with E-state index in [4.69, 9.17) is 11.6 Å². The third-order valence-corrected chi connectivity index (χ3v) is 6.94. The summed E-state index contributed by atoms with van der Waals surface area (Å²) in [4.78, 5) is 14.4. The molecule has 1 aliphatic heterocycles. The minimum Gasteiger partial charge on any atom is -0.351 e. The Morgan fingerprint density at radius 2 is 1.61 bits per heavy atom. The summed E-state index contributed by atoms with van der Waals surface area (Å²) >= 11 is 5.99. The lowest BCUT2D eigenvalue weighted by molar-refractivity contribution is 0.0956. The number of hydrogen-bond acceptors (Lipinski definition) is 4. The second-order valence-electron chi connectivity index (χ2n) is 6.71. The zero-order valence-corrected chi connectivity index (χ0v) is 17.1. The third-order valence-electron chi connectivity index (χ3n) is 4.74. The minimum atomic E-state index is -3.41. The maximum atomic E-state index is 12.6.